The number of carbonyl (C=O) groups is 1. The van der Waals surface area contributed by atoms with E-state index in [1.54, 1.807) is 4.90 Å². The quantitative estimate of drug-likeness (QED) is 0.913. The maximum Gasteiger partial charge on any atom is 0.259 e. The Labute approximate surface area is 128 Å². The van der Waals surface area contributed by atoms with Crippen LogP contribution in [-0.4, -0.2) is 45.2 Å². The minimum Gasteiger partial charge on any atom is -0.395 e. The lowest BCUT2D eigenvalue weighted by atomic mass is 10.1. The topological polar surface area (TPSA) is 79.5 Å². The minimum atomic E-state index is -0.0443. The summed E-state index contributed by atoms with van der Waals surface area (Å²) in [6.45, 7) is 2.18. The molecular weight excluding hydrogens is 282 g/mol. The molecule has 0 saturated heterocycles. The first-order valence-electron chi connectivity index (χ1n) is 7.87. The molecule has 0 atom stereocenters. The van der Waals surface area contributed by atoms with Crippen molar-refractivity contribution in [3.8, 4) is 0 Å². The van der Waals surface area contributed by atoms with E-state index in [4.69, 9.17) is 4.52 Å². The van der Waals surface area contributed by atoms with Crippen LogP contribution in [0.15, 0.2) is 10.6 Å². The predicted molar refractivity (Wildman–Crippen MR) is 79.7 cm³/mol. The molecule has 2 aromatic rings. The number of aromatic nitrogens is 2. The summed E-state index contributed by atoms with van der Waals surface area (Å²) in [5.74, 6) is 0.394. The molecule has 0 bridgehead atoms. The van der Waals surface area contributed by atoms with E-state index in [2.05, 4.69) is 10.1 Å². The second kappa shape index (κ2) is 5.05. The fraction of sp³-hybridized carbons (Fsp3) is 0.562. The van der Waals surface area contributed by atoms with Gasteiger partial charge in [-0.1, -0.05) is 5.16 Å². The lowest BCUT2D eigenvalue weighted by Crippen LogP contribution is -2.35. The zero-order valence-corrected chi connectivity index (χ0v) is 12.6. The second-order valence-electron chi connectivity index (χ2n) is 6.27. The predicted octanol–water partition coefficient (Wildman–Crippen LogP) is 2.01. The van der Waals surface area contributed by atoms with Crippen molar-refractivity contribution in [3.05, 3.63) is 23.0 Å². The smallest absolute Gasteiger partial charge is 0.259 e. The molecule has 1 N–H and O–H groups in total. The summed E-state index contributed by atoms with van der Waals surface area (Å²) in [5, 5.41) is 13.9. The Morgan fingerprint density at radius 3 is 2.82 bits per heavy atom. The molecule has 0 aromatic carbocycles. The van der Waals surface area contributed by atoms with Crippen LogP contribution in [0.25, 0.3) is 11.1 Å². The van der Waals surface area contributed by atoms with Crippen molar-refractivity contribution in [2.75, 3.05) is 13.2 Å². The number of fused-ring (bicyclic) bond motifs is 1. The molecule has 2 saturated carbocycles. The molecule has 2 aliphatic carbocycles. The number of carbonyl (C=O) groups excluding carboxylic acids is 1. The number of hydrogen-bond donors (Lipinski definition) is 1. The van der Waals surface area contributed by atoms with E-state index in [-0.39, 0.29) is 18.6 Å². The fourth-order valence-electron chi connectivity index (χ4n) is 2.97. The van der Waals surface area contributed by atoms with Crippen molar-refractivity contribution in [3.63, 3.8) is 0 Å². The van der Waals surface area contributed by atoms with Gasteiger partial charge in [0.2, 0.25) is 0 Å². The number of aliphatic hydroxyl groups is 1. The molecule has 4 rings (SSSR count). The van der Waals surface area contributed by atoms with Crippen LogP contribution in [0.2, 0.25) is 0 Å². The Morgan fingerprint density at radius 2 is 2.18 bits per heavy atom. The van der Waals surface area contributed by atoms with Gasteiger partial charge in [0, 0.05) is 24.2 Å². The van der Waals surface area contributed by atoms with Crippen molar-refractivity contribution in [2.45, 2.75) is 44.6 Å². The number of nitrogens with zero attached hydrogens (tertiary/aromatic N) is 3. The molecule has 0 radical (unpaired) electrons. The number of amides is 1. The van der Waals surface area contributed by atoms with Crippen molar-refractivity contribution < 1.29 is 14.4 Å². The third kappa shape index (κ3) is 2.27. The maximum absolute atomic E-state index is 13.0. The Kier molecular flexibility index (Phi) is 3.14. The average molecular weight is 301 g/mol. The van der Waals surface area contributed by atoms with Gasteiger partial charge in [0.05, 0.1) is 23.3 Å². The fourth-order valence-corrected chi connectivity index (χ4v) is 2.97. The molecule has 0 unspecified atom stereocenters. The highest BCUT2D eigenvalue weighted by Crippen LogP contribution is 2.41. The van der Waals surface area contributed by atoms with Crippen LogP contribution in [0.4, 0.5) is 0 Å². The second-order valence-corrected chi connectivity index (χ2v) is 6.27. The first kappa shape index (κ1) is 13.7. The third-order valence-electron chi connectivity index (χ3n) is 4.45. The van der Waals surface area contributed by atoms with Crippen LogP contribution in [0, 0.1) is 6.92 Å². The summed E-state index contributed by atoms with van der Waals surface area (Å²) in [5.41, 5.74) is 2.68. The van der Waals surface area contributed by atoms with Gasteiger partial charge in [0.25, 0.3) is 11.6 Å². The Bertz CT molecular complexity index is 732. The van der Waals surface area contributed by atoms with Crippen molar-refractivity contribution in [1.82, 2.24) is 15.0 Å². The third-order valence-corrected chi connectivity index (χ3v) is 4.45. The Morgan fingerprint density at radius 1 is 1.41 bits per heavy atom. The zero-order chi connectivity index (χ0) is 15.3. The summed E-state index contributed by atoms with van der Waals surface area (Å²) in [6.07, 6.45) is 4.25. The van der Waals surface area contributed by atoms with Gasteiger partial charge in [-0.25, -0.2) is 4.98 Å². The molecular formula is C16H19N3O3. The van der Waals surface area contributed by atoms with Gasteiger partial charge in [-0.3, -0.25) is 4.79 Å². The highest BCUT2D eigenvalue weighted by molar-refractivity contribution is 6.06. The number of hydrogen-bond acceptors (Lipinski definition) is 5. The summed E-state index contributed by atoms with van der Waals surface area (Å²) in [4.78, 5) is 19.3. The molecule has 1 amide bonds. The largest absolute Gasteiger partial charge is 0.395 e. The molecule has 0 aliphatic heterocycles. The highest BCUT2D eigenvalue weighted by atomic mass is 16.5. The first-order chi connectivity index (χ1) is 10.7. The number of pyridine rings is 1. The highest BCUT2D eigenvalue weighted by Gasteiger charge is 2.35. The van der Waals surface area contributed by atoms with Gasteiger partial charge in [-0.15, -0.1) is 0 Å². The monoisotopic (exact) mass is 301 g/mol. The average Bonchev–Trinajstić information content (AvgIpc) is 3.42. The minimum absolute atomic E-state index is 0.0193. The van der Waals surface area contributed by atoms with Gasteiger partial charge >= 0.3 is 0 Å². The summed E-state index contributed by atoms with van der Waals surface area (Å²) >= 11 is 0. The normalized spacial score (nSPS) is 17.9. The molecule has 6 heteroatoms. The molecule has 2 aromatic heterocycles. The van der Waals surface area contributed by atoms with Crippen LogP contribution in [0.5, 0.6) is 0 Å². The Hall–Kier alpha value is -1.95. The van der Waals surface area contributed by atoms with E-state index in [9.17, 15) is 9.90 Å². The molecule has 2 fully saturated rings. The molecule has 116 valence electrons. The number of aliphatic hydroxyl groups excluding tert-OH is 1. The van der Waals surface area contributed by atoms with Gasteiger partial charge in [0.15, 0.2) is 0 Å². The summed E-state index contributed by atoms with van der Waals surface area (Å²) < 4.78 is 5.29. The van der Waals surface area contributed by atoms with Gasteiger partial charge in [-0.05, 0) is 38.7 Å². The van der Waals surface area contributed by atoms with E-state index < -0.39 is 0 Å². The maximum atomic E-state index is 13.0. The van der Waals surface area contributed by atoms with Crippen molar-refractivity contribution in [1.29, 1.82) is 0 Å². The van der Waals surface area contributed by atoms with Gasteiger partial charge in [-0.2, -0.15) is 0 Å². The molecule has 2 aliphatic rings. The number of aryl methyl sites for hydroxylation is 1. The molecule has 0 spiro atoms. The summed E-state index contributed by atoms with van der Waals surface area (Å²) in [7, 11) is 0. The van der Waals surface area contributed by atoms with E-state index >= 15 is 0 Å². The Balaban J connectivity index is 1.81. The van der Waals surface area contributed by atoms with E-state index in [1.165, 1.54) is 0 Å². The zero-order valence-electron chi connectivity index (χ0n) is 12.6. The van der Waals surface area contributed by atoms with Gasteiger partial charge < -0.3 is 14.5 Å². The lowest BCUT2D eigenvalue weighted by Gasteiger charge is -2.22. The van der Waals surface area contributed by atoms with Gasteiger partial charge in [0.1, 0.15) is 0 Å². The van der Waals surface area contributed by atoms with E-state index in [1.807, 2.05) is 13.0 Å². The summed E-state index contributed by atoms with van der Waals surface area (Å²) in [6, 6.07) is 2.16. The van der Waals surface area contributed by atoms with Crippen LogP contribution < -0.4 is 0 Å². The van der Waals surface area contributed by atoms with Crippen LogP contribution in [0.1, 0.15) is 53.3 Å². The van der Waals surface area contributed by atoms with Crippen molar-refractivity contribution in [2.24, 2.45) is 0 Å². The van der Waals surface area contributed by atoms with Crippen LogP contribution in [-0.2, 0) is 0 Å². The van der Waals surface area contributed by atoms with Crippen LogP contribution in [0.3, 0.4) is 0 Å². The molecule has 2 heterocycles. The van der Waals surface area contributed by atoms with E-state index in [0.717, 1.165) is 31.4 Å². The first-order valence-corrected chi connectivity index (χ1v) is 7.87. The SMILES string of the molecule is Cc1noc2nc(C3CC3)cc(C(=O)N(CCO)C3CC3)c12. The van der Waals surface area contributed by atoms with E-state index in [0.29, 0.717) is 34.8 Å². The standard InChI is InChI=1S/C16H19N3O3/c1-9-14-12(16(21)19(6-7-20)11-4-5-11)8-13(10-2-3-10)17-15(14)22-18-9/h8,10-11,20H,2-7H2,1H3. The number of rotatable bonds is 5. The lowest BCUT2D eigenvalue weighted by molar-refractivity contribution is 0.0709. The van der Waals surface area contributed by atoms with Crippen LogP contribution >= 0.6 is 0 Å². The molecule has 22 heavy (non-hydrogen) atoms. The molecule has 6 nitrogen and oxygen atoms in total. The van der Waals surface area contributed by atoms with Crippen molar-refractivity contribution >= 4 is 17.0 Å².